The number of hydrogen-bond donors (Lipinski definition) is 0. The summed E-state index contributed by atoms with van der Waals surface area (Å²) in [5.74, 6) is -0.230. The van der Waals surface area contributed by atoms with Gasteiger partial charge in [0.15, 0.2) is 6.10 Å². The van der Waals surface area contributed by atoms with E-state index in [2.05, 4.69) is 6.92 Å². The van der Waals surface area contributed by atoms with Gasteiger partial charge < -0.3 is 28.6 Å². The molecule has 1 amide bonds. The third-order valence-electron chi connectivity index (χ3n) is 7.04. The highest BCUT2D eigenvalue weighted by atomic mass is 16.7. The monoisotopic (exact) mass is 525 g/mol. The minimum Gasteiger partial charge on any atom is -0.493 e. The van der Waals surface area contributed by atoms with Crippen molar-refractivity contribution in [1.82, 2.24) is 0 Å². The average molecular weight is 526 g/mol. The molecule has 0 bridgehead atoms. The van der Waals surface area contributed by atoms with Crippen LogP contribution < -0.4 is 14.4 Å². The van der Waals surface area contributed by atoms with Crippen LogP contribution in [0.1, 0.15) is 51.5 Å². The Morgan fingerprint density at radius 2 is 1.79 bits per heavy atom. The largest absolute Gasteiger partial charge is 0.493 e. The van der Waals surface area contributed by atoms with Gasteiger partial charge in [-0.25, -0.2) is 4.79 Å². The molecular weight excluding hydrogens is 486 g/mol. The molecular formula is C30H39NO7. The molecule has 0 aromatic heterocycles. The molecule has 0 saturated carbocycles. The number of carbonyl (C=O) groups excluding carboxylic acids is 2. The van der Waals surface area contributed by atoms with Crippen molar-refractivity contribution in [2.45, 2.75) is 64.3 Å². The van der Waals surface area contributed by atoms with Crippen molar-refractivity contribution in [1.29, 1.82) is 0 Å². The molecule has 1 fully saturated rings. The van der Waals surface area contributed by atoms with Crippen LogP contribution in [0, 0.1) is 5.92 Å². The van der Waals surface area contributed by atoms with Gasteiger partial charge >= 0.3 is 5.97 Å². The highest BCUT2D eigenvalue weighted by Gasteiger charge is 2.41. The number of rotatable bonds is 12. The fourth-order valence-corrected chi connectivity index (χ4v) is 4.79. The Bertz CT molecular complexity index is 1060. The normalized spacial score (nSPS) is 22.9. The Morgan fingerprint density at radius 1 is 1.05 bits per heavy atom. The summed E-state index contributed by atoms with van der Waals surface area (Å²) in [6.07, 6.45) is 5.10. The van der Waals surface area contributed by atoms with Crippen molar-refractivity contribution in [2.75, 3.05) is 38.4 Å². The second-order valence-corrected chi connectivity index (χ2v) is 10.0. The van der Waals surface area contributed by atoms with E-state index in [0.717, 1.165) is 48.4 Å². The van der Waals surface area contributed by atoms with Crippen LogP contribution in [0.3, 0.4) is 0 Å². The number of para-hydroxylation sites is 2. The molecule has 1 unspecified atom stereocenters. The molecule has 8 heteroatoms. The van der Waals surface area contributed by atoms with Gasteiger partial charge in [-0.05, 0) is 42.7 Å². The van der Waals surface area contributed by atoms with E-state index in [0.29, 0.717) is 32.8 Å². The lowest BCUT2D eigenvalue weighted by Gasteiger charge is -2.35. The van der Waals surface area contributed by atoms with Gasteiger partial charge in [-0.2, -0.15) is 0 Å². The fourth-order valence-electron chi connectivity index (χ4n) is 4.79. The molecule has 1 saturated heterocycles. The van der Waals surface area contributed by atoms with Crippen molar-refractivity contribution in [2.24, 2.45) is 5.92 Å². The van der Waals surface area contributed by atoms with Crippen LogP contribution in [0.5, 0.6) is 11.5 Å². The summed E-state index contributed by atoms with van der Waals surface area (Å²) in [5.41, 5.74) is 1.97. The zero-order valence-electron chi connectivity index (χ0n) is 22.6. The van der Waals surface area contributed by atoms with Crippen LogP contribution in [-0.2, 0) is 30.2 Å². The minimum absolute atomic E-state index is 0.000589. The number of methoxy groups -OCH3 is 1. The first-order valence-corrected chi connectivity index (χ1v) is 13.6. The number of amides is 1. The summed E-state index contributed by atoms with van der Waals surface area (Å²) >= 11 is 0. The number of esters is 1. The molecule has 0 radical (unpaired) electrons. The predicted molar refractivity (Wildman–Crippen MR) is 143 cm³/mol. The van der Waals surface area contributed by atoms with Crippen molar-refractivity contribution in [3.05, 3.63) is 54.1 Å². The van der Waals surface area contributed by atoms with Crippen LogP contribution in [-0.4, -0.2) is 57.2 Å². The summed E-state index contributed by atoms with van der Waals surface area (Å²) in [6, 6.07) is 15.6. The number of ether oxygens (including phenoxy) is 5. The first-order valence-electron chi connectivity index (χ1n) is 13.6. The third-order valence-corrected chi connectivity index (χ3v) is 7.04. The van der Waals surface area contributed by atoms with E-state index in [-0.39, 0.29) is 11.8 Å². The van der Waals surface area contributed by atoms with E-state index in [1.54, 1.807) is 6.92 Å². The molecule has 8 nitrogen and oxygen atoms in total. The molecule has 4 rings (SSSR count). The molecule has 206 valence electrons. The number of carbonyl (C=O) groups is 2. The van der Waals surface area contributed by atoms with Gasteiger partial charge in [0.25, 0.3) is 11.7 Å². The number of fused-ring (bicyclic) bond motifs is 1. The minimum atomic E-state index is -1.33. The molecule has 2 aliphatic rings. The second-order valence-electron chi connectivity index (χ2n) is 10.0. The van der Waals surface area contributed by atoms with Gasteiger partial charge in [-0.1, -0.05) is 50.5 Å². The van der Waals surface area contributed by atoms with Crippen molar-refractivity contribution < 1.29 is 33.3 Å². The molecule has 0 spiro atoms. The van der Waals surface area contributed by atoms with Crippen molar-refractivity contribution in [3.63, 3.8) is 0 Å². The highest BCUT2D eigenvalue weighted by molar-refractivity contribution is 6.00. The second kappa shape index (κ2) is 13.1. The number of nitrogens with zero attached hydrogens (tertiary/aromatic N) is 1. The summed E-state index contributed by atoms with van der Waals surface area (Å²) in [5, 5.41) is 0. The van der Waals surface area contributed by atoms with E-state index in [9.17, 15) is 9.59 Å². The van der Waals surface area contributed by atoms with Crippen molar-refractivity contribution >= 4 is 17.6 Å². The Morgan fingerprint density at radius 3 is 2.50 bits per heavy atom. The maximum Gasteiger partial charge on any atom is 0.366 e. The maximum absolute atomic E-state index is 13.2. The predicted octanol–water partition coefficient (Wildman–Crippen LogP) is 4.92. The Labute approximate surface area is 225 Å². The Balaban J connectivity index is 1.25. The summed E-state index contributed by atoms with van der Waals surface area (Å²) in [7, 11) is 1.32. The number of unbranched alkanes of at least 4 members (excludes halogenated alkanes) is 3. The van der Waals surface area contributed by atoms with Crippen LogP contribution in [0.2, 0.25) is 0 Å². The van der Waals surface area contributed by atoms with Gasteiger partial charge in [-0.15, -0.1) is 0 Å². The molecule has 2 heterocycles. The van der Waals surface area contributed by atoms with Gasteiger partial charge in [-0.3, -0.25) is 4.79 Å². The zero-order valence-corrected chi connectivity index (χ0v) is 22.6. The fraction of sp³-hybridized carbons (Fsp3) is 0.533. The standard InChI is InChI=1S/C30H39NO7/c1-4-5-6-9-17-31-25-10-7-8-11-26(25)38-27(28(31)32)16-18-35-24-14-12-22(13-15-24)19-23-20-36-30(2,37-21-23)29(33)34-3/h7-8,10-15,23,27H,4-6,9,16-21H2,1-3H3/t23-,27?,30+. The van der Waals surface area contributed by atoms with Gasteiger partial charge in [0, 0.05) is 25.8 Å². The molecule has 1 atom stereocenters. The molecule has 2 aromatic rings. The van der Waals surface area contributed by atoms with Crippen LogP contribution in [0.15, 0.2) is 48.5 Å². The lowest BCUT2D eigenvalue weighted by atomic mass is 9.99. The van der Waals surface area contributed by atoms with Gasteiger partial charge in [0.1, 0.15) is 11.5 Å². The van der Waals surface area contributed by atoms with E-state index >= 15 is 0 Å². The molecule has 2 aliphatic heterocycles. The van der Waals surface area contributed by atoms with Gasteiger partial charge in [0.2, 0.25) is 0 Å². The molecule has 2 aromatic carbocycles. The lowest BCUT2D eigenvalue weighted by Crippen LogP contribution is -2.48. The summed E-state index contributed by atoms with van der Waals surface area (Å²) in [6.45, 7) is 5.67. The summed E-state index contributed by atoms with van der Waals surface area (Å²) < 4.78 is 28.0. The smallest absolute Gasteiger partial charge is 0.366 e. The first-order chi connectivity index (χ1) is 18.4. The first kappa shape index (κ1) is 27.9. The molecule has 0 N–H and O–H groups in total. The Kier molecular flexibility index (Phi) is 9.63. The van der Waals surface area contributed by atoms with Crippen LogP contribution in [0.4, 0.5) is 5.69 Å². The molecule has 38 heavy (non-hydrogen) atoms. The van der Waals surface area contributed by atoms with E-state index in [4.69, 9.17) is 23.7 Å². The van der Waals surface area contributed by atoms with Crippen LogP contribution in [0.25, 0.3) is 0 Å². The van der Waals surface area contributed by atoms with Crippen molar-refractivity contribution in [3.8, 4) is 11.5 Å². The van der Waals surface area contributed by atoms with Gasteiger partial charge in [0.05, 0.1) is 32.6 Å². The number of hydrogen-bond acceptors (Lipinski definition) is 7. The zero-order chi connectivity index (χ0) is 27.0. The summed E-state index contributed by atoms with van der Waals surface area (Å²) in [4.78, 5) is 26.9. The molecule has 0 aliphatic carbocycles. The Hall–Kier alpha value is -3.10. The van der Waals surface area contributed by atoms with Crippen LogP contribution >= 0.6 is 0 Å². The topological polar surface area (TPSA) is 83.5 Å². The van der Waals surface area contributed by atoms with E-state index in [1.165, 1.54) is 13.5 Å². The number of anilines is 1. The highest BCUT2D eigenvalue weighted by Crippen LogP contribution is 2.35. The lowest BCUT2D eigenvalue weighted by molar-refractivity contribution is -0.272. The SMILES string of the molecule is CCCCCCN1C(=O)C(CCOc2ccc(C[C@H]3CO[C@@](C)(C(=O)OC)OC3)cc2)Oc2ccccc21. The maximum atomic E-state index is 13.2. The average Bonchev–Trinajstić information content (AvgIpc) is 2.94. The quantitative estimate of drug-likeness (QED) is 0.287. The van der Waals surface area contributed by atoms with E-state index < -0.39 is 17.9 Å². The third kappa shape index (κ3) is 6.85. The van der Waals surface area contributed by atoms with E-state index in [1.807, 2.05) is 53.4 Å². The number of benzene rings is 2.